The number of esters is 1. The fraction of sp³-hybridized carbons (Fsp3) is 0.200. The number of carbonyl (C=O) groups is 1. The van der Waals surface area contributed by atoms with Crippen LogP contribution in [-0.4, -0.2) is 39.2 Å². The van der Waals surface area contributed by atoms with Crippen molar-refractivity contribution in [1.82, 2.24) is 15.0 Å². The lowest BCUT2D eigenvalue weighted by molar-refractivity contribution is -0.138. The second-order valence-electron chi connectivity index (χ2n) is 8.23. The van der Waals surface area contributed by atoms with Crippen LogP contribution in [0, 0.1) is 0 Å². The second-order valence-corrected chi connectivity index (χ2v) is 8.23. The van der Waals surface area contributed by atoms with E-state index in [0.29, 0.717) is 28.8 Å². The van der Waals surface area contributed by atoms with Crippen molar-refractivity contribution in [2.75, 3.05) is 13.2 Å². The second kappa shape index (κ2) is 11.9. The van der Waals surface area contributed by atoms with Gasteiger partial charge < -0.3 is 14.6 Å². The van der Waals surface area contributed by atoms with Crippen LogP contribution in [0.25, 0.3) is 34.2 Å². The van der Waals surface area contributed by atoms with E-state index in [1.807, 2.05) is 36.4 Å². The molecule has 7 nitrogen and oxygen atoms in total. The Morgan fingerprint density at radius 1 is 0.811 bits per heavy atom. The number of rotatable bonds is 10. The Kier molecular flexibility index (Phi) is 8.26. The first-order valence-electron chi connectivity index (χ1n) is 12.2. The third-order valence-electron chi connectivity index (χ3n) is 5.89. The van der Waals surface area contributed by atoms with Gasteiger partial charge in [0.15, 0.2) is 17.5 Å². The Bertz CT molecular complexity index is 1350. The van der Waals surface area contributed by atoms with E-state index in [1.165, 1.54) is 6.07 Å². The van der Waals surface area contributed by atoms with E-state index >= 15 is 0 Å². The number of ether oxygens (including phenoxy) is 2. The Morgan fingerprint density at radius 2 is 1.35 bits per heavy atom. The van der Waals surface area contributed by atoms with Gasteiger partial charge in [-0.2, -0.15) is 0 Å². The van der Waals surface area contributed by atoms with Crippen LogP contribution in [0.4, 0.5) is 0 Å². The van der Waals surface area contributed by atoms with Gasteiger partial charge in [0.1, 0.15) is 24.7 Å². The summed E-state index contributed by atoms with van der Waals surface area (Å²) in [6.07, 6.45) is 2.75. The zero-order valence-electron chi connectivity index (χ0n) is 21.0. The molecule has 0 fully saturated rings. The molecule has 0 unspecified atom stereocenters. The topological polar surface area (TPSA) is 94.4 Å². The molecule has 0 spiro atoms. The van der Waals surface area contributed by atoms with Crippen LogP contribution in [0.1, 0.15) is 25.0 Å². The highest BCUT2D eigenvalue weighted by atomic mass is 16.6. The van der Waals surface area contributed by atoms with Crippen LogP contribution in [-0.2, 0) is 22.4 Å². The van der Waals surface area contributed by atoms with Crippen molar-refractivity contribution in [3.05, 3.63) is 90.5 Å². The van der Waals surface area contributed by atoms with Crippen LogP contribution in [0.15, 0.2) is 79.4 Å². The minimum atomic E-state index is -0.516. The fourth-order valence-corrected chi connectivity index (χ4v) is 3.98. The van der Waals surface area contributed by atoms with Crippen molar-refractivity contribution in [2.24, 2.45) is 0 Å². The lowest BCUT2D eigenvalue weighted by Gasteiger charge is -2.13. The molecule has 1 aromatic heterocycles. The third kappa shape index (κ3) is 6.01. The summed E-state index contributed by atoms with van der Waals surface area (Å²) in [5, 5.41) is 10.9. The molecular weight excluding hydrogens is 466 g/mol. The number of phenols is 1. The van der Waals surface area contributed by atoms with E-state index in [4.69, 9.17) is 24.4 Å². The molecule has 0 atom stereocenters. The molecular formula is C30H29N3O4. The number of aromatic hydroxyl groups is 1. The Labute approximate surface area is 216 Å². The summed E-state index contributed by atoms with van der Waals surface area (Å²) in [5.41, 5.74) is 4.56. The van der Waals surface area contributed by atoms with Crippen molar-refractivity contribution >= 4 is 5.97 Å². The lowest BCUT2D eigenvalue weighted by atomic mass is 10.0. The van der Waals surface area contributed by atoms with Crippen molar-refractivity contribution in [2.45, 2.75) is 26.7 Å². The Morgan fingerprint density at radius 3 is 1.86 bits per heavy atom. The van der Waals surface area contributed by atoms with Crippen LogP contribution in [0.3, 0.4) is 0 Å². The molecule has 188 valence electrons. The molecule has 0 amide bonds. The summed E-state index contributed by atoms with van der Waals surface area (Å²) in [7, 11) is 0. The molecule has 0 aliphatic heterocycles. The number of benzene rings is 3. The molecule has 1 N–H and O–H groups in total. The maximum atomic E-state index is 11.2. The van der Waals surface area contributed by atoms with Crippen molar-refractivity contribution in [3.8, 4) is 45.7 Å². The van der Waals surface area contributed by atoms with Gasteiger partial charge in [-0.3, -0.25) is 0 Å². The first kappa shape index (κ1) is 25.6. The molecule has 0 radical (unpaired) electrons. The molecule has 37 heavy (non-hydrogen) atoms. The Balaban J connectivity index is 1.74. The molecule has 7 heteroatoms. The fourth-order valence-electron chi connectivity index (χ4n) is 3.98. The zero-order chi connectivity index (χ0) is 26.2. The summed E-state index contributed by atoms with van der Waals surface area (Å²) in [6.45, 7) is 7.75. The third-order valence-corrected chi connectivity index (χ3v) is 5.89. The first-order chi connectivity index (χ1) is 18.0. The normalized spacial score (nSPS) is 10.6. The molecule has 4 rings (SSSR count). The summed E-state index contributed by atoms with van der Waals surface area (Å²) in [5.74, 6) is 1.34. The van der Waals surface area contributed by atoms with Gasteiger partial charge in [0.25, 0.3) is 0 Å². The first-order valence-corrected chi connectivity index (χ1v) is 12.2. The standard InChI is InChI=1S/C30H29N3O4/c1-4-20-11-7-9-13-23(20)28-31-29(24-14-10-8-12-21(24)5-2)33-30(32-28)25-16-15-22(19-26(25)34)36-17-18-37-27(35)6-3/h6-16,19,34H,3-5,17-18H2,1-2H3. The van der Waals surface area contributed by atoms with Crippen LogP contribution >= 0.6 is 0 Å². The van der Waals surface area contributed by atoms with Crippen LogP contribution < -0.4 is 4.74 Å². The number of hydrogen-bond acceptors (Lipinski definition) is 7. The van der Waals surface area contributed by atoms with Crippen LogP contribution in [0.5, 0.6) is 11.5 Å². The predicted octanol–water partition coefficient (Wildman–Crippen LogP) is 5.81. The van der Waals surface area contributed by atoms with Gasteiger partial charge in [-0.15, -0.1) is 0 Å². The van der Waals surface area contributed by atoms with E-state index in [9.17, 15) is 9.90 Å². The summed E-state index contributed by atoms with van der Waals surface area (Å²) < 4.78 is 10.5. The number of carbonyl (C=O) groups excluding carboxylic acids is 1. The van der Waals surface area contributed by atoms with Crippen molar-refractivity contribution in [3.63, 3.8) is 0 Å². The van der Waals surface area contributed by atoms with Gasteiger partial charge in [-0.05, 0) is 36.1 Å². The quantitative estimate of drug-likeness (QED) is 0.168. The highest BCUT2D eigenvalue weighted by Crippen LogP contribution is 2.34. The molecule has 1 heterocycles. The van der Waals surface area contributed by atoms with Gasteiger partial charge in [-0.1, -0.05) is 69.0 Å². The Hall–Kier alpha value is -4.52. The van der Waals surface area contributed by atoms with E-state index in [1.54, 1.807) is 12.1 Å². The SMILES string of the molecule is C=CC(=O)OCCOc1ccc(-c2nc(-c3ccccc3CC)nc(-c3ccccc3CC)n2)c(O)c1. The molecule has 4 aromatic rings. The number of hydrogen-bond donors (Lipinski definition) is 1. The summed E-state index contributed by atoms with van der Waals surface area (Å²) in [6, 6.07) is 21.0. The number of aryl methyl sites for hydroxylation is 2. The van der Waals surface area contributed by atoms with E-state index in [2.05, 4.69) is 32.6 Å². The van der Waals surface area contributed by atoms with Gasteiger partial charge in [0.2, 0.25) is 0 Å². The summed E-state index contributed by atoms with van der Waals surface area (Å²) >= 11 is 0. The number of aromatic nitrogens is 3. The lowest BCUT2D eigenvalue weighted by Crippen LogP contribution is -2.10. The van der Waals surface area contributed by atoms with Gasteiger partial charge in [-0.25, -0.2) is 19.7 Å². The smallest absolute Gasteiger partial charge is 0.330 e. The van der Waals surface area contributed by atoms with Gasteiger partial charge in [0, 0.05) is 23.3 Å². The van der Waals surface area contributed by atoms with E-state index < -0.39 is 5.97 Å². The van der Waals surface area contributed by atoms with Crippen LogP contribution in [0.2, 0.25) is 0 Å². The average Bonchev–Trinajstić information content (AvgIpc) is 2.94. The monoisotopic (exact) mass is 495 g/mol. The van der Waals surface area contributed by atoms with E-state index in [0.717, 1.165) is 41.2 Å². The largest absolute Gasteiger partial charge is 0.507 e. The predicted molar refractivity (Wildman–Crippen MR) is 143 cm³/mol. The van der Waals surface area contributed by atoms with Gasteiger partial charge >= 0.3 is 5.97 Å². The molecule has 0 aliphatic rings. The van der Waals surface area contributed by atoms with E-state index in [-0.39, 0.29) is 19.0 Å². The maximum Gasteiger partial charge on any atom is 0.330 e. The molecule has 0 saturated heterocycles. The zero-order valence-corrected chi connectivity index (χ0v) is 21.0. The molecule has 0 aliphatic carbocycles. The molecule has 0 saturated carbocycles. The molecule has 0 bridgehead atoms. The highest BCUT2D eigenvalue weighted by Gasteiger charge is 2.17. The van der Waals surface area contributed by atoms with Gasteiger partial charge in [0.05, 0.1) is 5.56 Å². The maximum absolute atomic E-state index is 11.2. The van der Waals surface area contributed by atoms with Crippen molar-refractivity contribution in [1.29, 1.82) is 0 Å². The summed E-state index contributed by atoms with van der Waals surface area (Å²) in [4.78, 5) is 25.6. The number of phenolic OH excluding ortho intramolecular Hbond substituents is 1. The number of nitrogens with zero attached hydrogens (tertiary/aromatic N) is 3. The highest BCUT2D eigenvalue weighted by molar-refractivity contribution is 5.81. The van der Waals surface area contributed by atoms with Crippen molar-refractivity contribution < 1.29 is 19.4 Å². The minimum absolute atomic E-state index is 0.0313. The molecule has 3 aromatic carbocycles. The average molecular weight is 496 g/mol. The minimum Gasteiger partial charge on any atom is -0.507 e.